The summed E-state index contributed by atoms with van der Waals surface area (Å²) >= 11 is 0. The van der Waals surface area contributed by atoms with Crippen molar-refractivity contribution in [2.75, 3.05) is 32.1 Å². The molecule has 2 aromatic rings. The summed E-state index contributed by atoms with van der Waals surface area (Å²) in [5.74, 6) is -0.00226. The molecule has 2 N–H and O–H groups in total. The number of nitrogens with zero attached hydrogens (tertiary/aromatic N) is 3. The number of halogens is 1. The smallest absolute Gasteiger partial charge is 0.322 e. The van der Waals surface area contributed by atoms with Gasteiger partial charge >= 0.3 is 6.03 Å². The van der Waals surface area contributed by atoms with Crippen LogP contribution in [0.5, 0.6) is 0 Å². The number of hydrogen-bond acceptors (Lipinski definition) is 4. The fraction of sp³-hybridized carbons (Fsp3) is 0.389. The maximum Gasteiger partial charge on any atom is 0.322 e. The van der Waals surface area contributed by atoms with Crippen molar-refractivity contribution in [3.63, 3.8) is 0 Å². The number of aromatic nitrogens is 2. The van der Waals surface area contributed by atoms with Crippen molar-refractivity contribution < 1.29 is 18.7 Å². The zero-order valence-electron chi connectivity index (χ0n) is 15.3. The molecule has 3 rings (SSSR count). The average molecular weight is 375 g/mol. The SMILES string of the molecule is COCCNC(=O)c1cnc2n1CCN(C(=O)Nc1cc(F)ccc1C)C2. The van der Waals surface area contributed by atoms with Crippen molar-refractivity contribution in [3.8, 4) is 0 Å². The number of rotatable bonds is 5. The highest BCUT2D eigenvalue weighted by atomic mass is 19.1. The molecule has 9 heteroatoms. The average Bonchev–Trinajstić information content (AvgIpc) is 3.08. The Morgan fingerprint density at radius 1 is 1.33 bits per heavy atom. The Morgan fingerprint density at radius 3 is 2.93 bits per heavy atom. The number of ether oxygens (including phenoxy) is 1. The lowest BCUT2D eigenvalue weighted by atomic mass is 10.2. The van der Waals surface area contributed by atoms with E-state index in [1.807, 2.05) is 0 Å². The summed E-state index contributed by atoms with van der Waals surface area (Å²) in [5, 5.41) is 5.49. The molecule has 3 amide bonds. The number of carbonyl (C=O) groups excluding carboxylic acids is 2. The molecule has 8 nitrogen and oxygen atoms in total. The molecule has 1 aliphatic rings. The van der Waals surface area contributed by atoms with Crippen LogP contribution in [0.25, 0.3) is 0 Å². The molecule has 0 radical (unpaired) electrons. The molecule has 0 fully saturated rings. The minimum Gasteiger partial charge on any atom is -0.383 e. The van der Waals surface area contributed by atoms with E-state index >= 15 is 0 Å². The molecule has 1 aromatic carbocycles. The third kappa shape index (κ3) is 4.25. The Labute approximate surface area is 156 Å². The fourth-order valence-corrected chi connectivity index (χ4v) is 2.90. The second kappa shape index (κ2) is 8.17. The summed E-state index contributed by atoms with van der Waals surface area (Å²) in [6, 6.07) is 3.93. The first-order chi connectivity index (χ1) is 13.0. The number of benzene rings is 1. The van der Waals surface area contributed by atoms with E-state index in [4.69, 9.17) is 4.74 Å². The molecular weight excluding hydrogens is 353 g/mol. The quantitative estimate of drug-likeness (QED) is 0.780. The van der Waals surface area contributed by atoms with Crippen molar-refractivity contribution in [1.82, 2.24) is 19.8 Å². The molecule has 1 aromatic heterocycles. The van der Waals surface area contributed by atoms with Gasteiger partial charge in [-0.3, -0.25) is 4.79 Å². The van der Waals surface area contributed by atoms with E-state index in [1.165, 1.54) is 18.3 Å². The van der Waals surface area contributed by atoms with Gasteiger partial charge in [-0.25, -0.2) is 14.2 Å². The standard InChI is InChI=1S/C18H22FN5O3/c1-12-3-4-13(19)9-14(12)22-18(26)23-6-7-24-15(10-21-16(24)11-23)17(25)20-5-8-27-2/h3-4,9-10H,5-8,11H2,1-2H3,(H,20,25)(H,22,26). The van der Waals surface area contributed by atoms with E-state index in [9.17, 15) is 14.0 Å². The first kappa shape index (κ1) is 18.8. The Hall–Kier alpha value is -2.94. The molecule has 27 heavy (non-hydrogen) atoms. The van der Waals surface area contributed by atoms with Gasteiger partial charge in [0, 0.05) is 32.4 Å². The van der Waals surface area contributed by atoms with Crippen LogP contribution in [0, 0.1) is 12.7 Å². The number of hydrogen-bond donors (Lipinski definition) is 2. The largest absolute Gasteiger partial charge is 0.383 e. The predicted octanol–water partition coefficient (Wildman–Crippen LogP) is 1.75. The lowest BCUT2D eigenvalue weighted by Crippen LogP contribution is -2.42. The highest BCUT2D eigenvalue weighted by Crippen LogP contribution is 2.19. The molecular formula is C18H22FN5O3. The van der Waals surface area contributed by atoms with E-state index in [1.54, 1.807) is 29.6 Å². The van der Waals surface area contributed by atoms with Crippen LogP contribution in [-0.2, 0) is 17.8 Å². The minimum atomic E-state index is -0.408. The molecule has 0 bridgehead atoms. The van der Waals surface area contributed by atoms with Gasteiger partial charge in [0.2, 0.25) is 0 Å². The molecule has 0 atom stereocenters. The summed E-state index contributed by atoms with van der Waals surface area (Å²) in [6.07, 6.45) is 1.51. The summed E-state index contributed by atoms with van der Waals surface area (Å²) in [7, 11) is 1.57. The molecule has 0 saturated carbocycles. The van der Waals surface area contributed by atoms with E-state index in [2.05, 4.69) is 15.6 Å². The van der Waals surface area contributed by atoms with E-state index < -0.39 is 5.82 Å². The van der Waals surface area contributed by atoms with Gasteiger partial charge in [0.15, 0.2) is 0 Å². The van der Waals surface area contributed by atoms with Crippen molar-refractivity contribution in [2.24, 2.45) is 0 Å². The van der Waals surface area contributed by atoms with Crippen LogP contribution in [0.1, 0.15) is 21.9 Å². The van der Waals surface area contributed by atoms with Crippen molar-refractivity contribution >= 4 is 17.6 Å². The van der Waals surface area contributed by atoms with Crippen LogP contribution in [0.15, 0.2) is 24.4 Å². The Bertz CT molecular complexity index is 852. The summed E-state index contributed by atoms with van der Waals surface area (Å²) in [4.78, 5) is 30.6. The maximum atomic E-state index is 13.4. The van der Waals surface area contributed by atoms with Gasteiger partial charge < -0.3 is 24.8 Å². The Morgan fingerprint density at radius 2 is 2.15 bits per heavy atom. The Balaban J connectivity index is 1.65. The lowest BCUT2D eigenvalue weighted by Gasteiger charge is -2.28. The van der Waals surface area contributed by atoms with Gasteiger partial charge in [-0.05, 0) is 24.6 Å². The zero-order valence-corrected chi connectivity index (χ0v) is 15.3. The summed E-state index contributed by atoms with van der Waals surface area (Å²) in [6.45, 7) is 3.79. The lowest BCUT2D eigenvalue weighted by molar-refractivity contribution is 0.0925. The van der Waals surface area contributed by atoms with Gasteiger partial charge in [-0.2, -0.15) is 0 Å². The van der Waals surface area contributed by atoms with E-state index in [0.29, 0.717) is 43.4 Å². The van der Waals surface area contributed by atoms with Gasteiger partial charge in [0.1, 0.15) is 17.3 Å². The highest BCUT2D eigenvalue weighted by molar-refractivity contribution is 5.93. The molecule has 0 saturated heterocycles. The zero-order chi connectivity index (χ0) is 19.4. The van der Waals surface area contributed by atoms with Crippen molar-refractivity contribution in [3.05, 3.63) is 47.3 Å². The number of urea groups is 1. The monoisotopic (exact) mass is 375 g/mol. The number of carbonyl (C=O) groups is 2. The third-order valence-electron chi connectivity index (χ3n) is 4.42. The van der Waals surface area contributed by atoms with Crippen molar-refractivity contribution in [2.45, 2.75) is 20.0 Å². The number of nitrogens with one attached hydrogen (secondary N) is 2. The number of aryl methyl sites for hydroxylation is 1. The molecule has 0 spiro atoms. The summed E-state index contributed by atoms with van der Waals surface area (Å²) < 4.78 is 20.1. The minimum absolute atomic E-state index is 0.223. The number of anilines is 1. The first-order valence-corrected chi connectivity index (χ1v) is 8.63. The molecule has 2 heterocycles. The Kier molecular flexibility index (Phi) is 5.70. The van der Waals surface area contributed by atoms with Crippen LogP contribution in [0.4, 0.5) is 14.9 Å². The van der Waals surface area contributed by atoms with Gasteiger partial charge in [-0.15, -0.1) is 0 Å². The fourth-order valence-electron chi connectivity index (χ4n) is 2.90. The second-order valence-electron chi connectivity index (χ2n) is 6.27. The van der Waals surface area contributed by atoms with E-state index in [-0.39, 0.29) is 18.5 Å². The van der Waals surface area contributed by atoms with Crippen LogP contribution in [-0.4, -0.2) is 53.2 Å². The molecule has 144 valence electrons. The van der Waals surface area contributed by atoms with Crippen LogP contribution in [0.3, 0.4) is 0 Å². The number of fused-ring (bicyclic) bond motifs is 1. The topological polar surface area (TPSA) is 88.5 Å². The number of amides is 3. The van der Waals surface area contributed by atoms with Gasteiger partial charge in [0.25, 0.3) is 5.91 Å². The van der Waals surface area contributed by atoms with Crippen molar-refractivity contribution in [1.29, 1.82) is 0 Å². The highest BCUT2D eigenvalue weighted by Gasteiger charge is 2.25. The van der Waals surface area contributed by atoms with Crippen LogP contribution < -0.4 is 10.6 Å². The first-order valence-electron chi connectivity index (χ1n) is 8.63. The number of imidazole rings is 1. The maximum absolute atomic E-state index is 13.4. The molecule has 1 aliphatic heterocycles. The van der Waals surface area contributed by atoms with Gasteiger partial charge in [-0.1, -0.05) is 6.07 Å². The van der Waals surface area contributed by atoms with Crippen LogP contribution >= 0.6 is 0 Å². The van der Waals surface area contributed by atoms with E-state index in [0.717, 1.165) is 5.56 Å². The summed E-state index contributed by atoms with van der Waals surface area (Å²) in [5.41, 5.74) is 1.67. The molecule has 0 aliphatic carbocycles. The second-order valence-corrected chi connectivity index (χ2v) is 6.27. The molecule has 0 unspecified atom stereocenters. The van der Waals surface area contributed by atoms with Gasteiger partial charge in [0.05, 0.1) is 19.3 Å². The normalized spacial score (nSPS) is 13.2. The van der Waals surface area contributed by atoms with Crippen LogP contribution in [0.2, 0.25) is 0 Å². The predicted molar refractivity (Wildman–Crippen MR) is 97.0 cm³/mol. The third-order valence-corrected chi connectivity index (χ3v) is 4.42. The number of methoxy groups -OCH3 is 1.